The molecule has 1 saturated heterocycles. The zero-order chi connectivity index (χ0) is 18.9. The van der Waals surface area contributed by atoms with Gasteiger partial charge in [0, 0.05) is 0 Å². The zero-order valence-corrected chi connectivity index (χ0v) is 17.0. The molecule has 0 aromatic heterocycles. The van der Waals surface area contributed by atoms with Crippen molar-refractivity contribution in [2.24, 2.45) is 0 Å². The molecule has 0 radical (unpaired) electrons. The molecule has 0 amide bonds. The molecule has 0 N–H and O–H groups in total. The van der Waals surface area contributed by atoms with Gasteiger partial charge >= 0.3 is 0 Å². The van der Waals surface area contributed by atoms with E-state index in [1.807, 2.05) is 84.9 Å². The predicted molar refractivity (Wildman–Crippen MR) is 111 cm³/mol. The van der Waals surface area contributed by atoms with Crippen LogP contribution in [0.4, 0.5) is 0 Å². The quantitative estimate of drug-likeness (QED) is 0.414. The molecule has 2 atom stereocenters. The van der Waals surface area contributed by atoms with Gasteiger partial charge in [-0.2, -0.15) is 0 Å². The maximum atomic E-state index is 6.99. The lowest BCUT2D eigenvalue weighted by molar-refractivity contribution is -0.0437. The highest BCUT2D eigenvalue weighted by Gasteiger charge is 2.84. The van der Waals surface area contributed by atoms with Crippen LogP contribution < -0.4 is 0 Å². The Morgan fingerprint density at radius 1 is 0.481 bits per heavy atom. The average molecular weight is 436 g/mol. The lowest BCUT2D eigenvalue weighted by Crippen LogP contribution is -2.55. The first-order chi connectivity index (χ1) is 12.9. The zero-order valence-electron chi connectivity index (χ0n) is 14.0. The monoisotopic (exact) mass is 434 g/mol. The van der Waals surface area contributed by atoms with E-state index in [1.165, 1.54) is 0 Å². The molecule has 3 aromatic carbocycles. The fraction of sp³-hybridized carbons (Fsp3) is 0.182. The van der Waals surface area contributed by atoms with Crippen molar-refractivity contribution in [1.82, 2.24) is 0 Å². The highest BCUT2D eigenvalue weighted by molar-refractivity contribution is 6.64. The SMILES string of the molecule is ClC1(Cl)C(Cl)(Cl)[C@@]2(c3ccccc3)O[C@@]1(c1ccccc1)c1ccccc12. The van der Waals surface area contributed by atoms with Gasteiger partial charge in [-0.25, -0.2) is 0 Å². The van der Waals surface area contributed by atoms with Gasteiger partial charge in [0.2, 0.25) is 0 Å². The minimum absolute atomic E-state index is 0.809. The molecule has 5 heteroatoms. The Bertz CT molecular complexity index is 936. The molecule has 136 valence electrons. The van der Waals surface area contributed by atoms with E-state index in [2.05, 4.69) is 0 Å². The van der Waals surface area contributed by atoms with Crippen molar-refractivity contribution in [1.29, 1.82) is 0 Å². The third kappa shape index (κ3) is 1.88. The molecule has 2 heterocycles. The lowest BCUT2D eigenvalue weighted by Gasteiger charge is -2.45. The normalized spacial score (nSPS) is 29.5. The standard InChI is InChI=1S/C22H14Cl4O/c23-21(24)19(15-9-3-1-4-10-15)17-13-7-8-14-18(17)20(27-19,22(21,25)26)16-11-5-2-6-12-16/h1-14H/t19-,20-/m0/s1. The van der Waals surface area contributed by atoms with Crippen LogP contribution in [0.15, 0.2) is 84.9 Å². The summed E-state index contributed by atoms with van der Waals surface area (Å²) in [5, 5.41) is 0. The van der Waals surface area contributed by atoms with Gasteiger partial charge in [-0.05, 0) is 22.3 Å². The Labute approximate surface area is 177 Å². The summed E-state index contributed by atoms with van der Waals surface area (Å²) in [5.41, 5.74) is 0.969. The number of halogens is 4. The smallest absolute Gasteiger partial charge is 0.191 e. The van der Waals surface area contributed by atoms with E-state index in [9.17, 15) is 0 Å². The second-order valence-electron chi connectivity index (χ2n) is 6.89. The maximum Gasteiger partial charge on any atom is 0.191 e. The van der Waals surface area contributed by atoms with E-state index in [0.29, 0.717) is 0 Å². The van der Waals surface area contributed by atoms with Crippen molar-refractivity contribution in [3.8, 4) is 0 Å². The second kappa shape index (κ2) is 5.65. The van der Waals surface area contributed by atoms with Crippen LogP contribution in [0, 0.1) is 0 Å². The molecule has 3 aromatic rings. The molecule has 2 aliphatic rings. The number of ether oxygens (including phenoxy) is 1. The molecule has 0 aliphatic carbocycles. The summed E-state index contributed by atoms with van der Waals surface area (Å²) in [4.78, 5) is 0. The van der Waals surface area contributed by atoms with Gasteiger partial charge in [-0.3, -0.25) is 0 Å². The average Bonchev–Trinajstić information content (AvgIpc) is 3.10. The molecule has 0 spiro atoms. The fourth-order valence-electron chi connectivity index (χ4n) is 4.48. The van der Waals surface area contributed by atoms with Gasteiger partial charge in [0.25, 0.3) is 0 Å². The summed E-state index contributed by atoms with van der Waals surface area (Å²) < 4.78 is 3.53. The van der Waals surface area contributed by atoms with Gasteiger partial charge < -0.3 is 4.74 Å². The van der Waals surface area contributed by atoms with Crippen LogP contribution in [0.2, 0.25) is 0 Å². The van der Waals surface area contributed by atoms with Crippen molar-refractivity contribution in [3.63, 3.8) is 0 Å². The molecular formula is C22H14Cl4O. The number of hydrogen-bond acceptors (Lipinski definition) is 1. The van der Waals surface area contributed by atoms with E-state index in [4.69, 9.17) is 51.1 Å². The number of fused-ring (bicyclic) bond motifs is 5. The van der Waals surface area contributed by atoms with Crippen LogP contribution >= 0.6 is 46.4 Å². The minimum Gasteiger partial charge on any atom is -0.343 e. The summed E-state index contributed by atoms with van der Waals surface area (Å²) in [6.45, 7) is 0. The third-order valence-corrected chi connectivity index (χ3v) is 8.22. The molecule has 1 fully saturated rings. The van der Waals surface area contributed by atoms with Crippen LogP contribution in [0.3, 0.4) is 0 Å². The Balaban J connectivity index is 1.94. The van der Waals surface area contributed by atoms with Gasteiger partial charge in [0.05, 0.1) is 0 Å². The van der Waals surface area contributed by atoms with Gasteiger partial charge in [-0.15, -0.1) is 0 Å². The first-order valence-electron chi connectivity index (χ1n) is 8.56. The van der Waals surface area contributed by atoms with Crippen LogP contribution in [0.5, 0.6) is 0 Å². The largest absolute Gasteiger partial charge is 0.343 e. The first kappa shape index (κ1) is 17.8. The summed E-state index contributed by atoms with van der Waals surface area (Å²) in [6, 6.07) is 27.1. The minimum atomic E-state index is -1.63. The Kier molecular flexibility index (Phi) is 3.74. The second-order valence-corrected chi connectivity index (χ2v) is 9.55. The van der Waals surface area contributed by atoms with E-state index < -0.39 is 19.9 Å². The molecule has 0 unspecified atom stereocenters. The molecular weight excluding hydrogens is 422 g/mol. The van der Waals surface area contributed by atoms with Crippen molar-refractivity contribution in [3.05, 3.63) is 107 Å². The Morgan fingerprint density at radius 3 is 1.19 bits per heavy atom. The maximum absolute atomic E-state index is 6.99. The summed E-state index contributed by atoms with van der Waals surface area (Å²) in [7, 11) is 0. The number of hydrogen-bond donors (Lipinski definition) is 0. The molecule has 0 saturated carbocycles. The first-order valence-corrected chi connectivity index (χ1v) is 10.1. The summed E-state index contributed by atoms with van der Waals surface area (Å²) >= 11 is 28.0. The Hall–Kier alpha value is -1.22. The molecule has 5 rings (SSSR count). The molecule has 27 heavy (non-hydrogen) atoms. The number of benzene rings is 3. The van der Waals surface area contributed by atoms with Gasteiger partial charge in [0.15, 0.2) is 19.9 Å². The fourth-order valence-corrected chi connectivity index (χ4v) is 6.01. The van der Waals surface area contributed by atoms with Gasteiger partial charge in [-0.1, -0.05) is 131 Å². The predicted octanol–water partition coefficient (Wildman–Crippen LogP) is 6.57. The van der Waals surface area contributed by atoms with E-state index >= 15 is 0 Å². The molecule has 2 aliphatic heterocycles. The van der Waals surface area contributed by atoms with Crippen LogP contribution in [0.1, 0.15) is 22.3 Å². The van der Waals surface area contributed by atoms with Crippen molar-refractivity contribution < 1.29 is 4.74 Å². The topological polar surface area (TPSA) is 9.23 Å². The van der Waals surface area contributed by atoms with E-state index in [-0.39, 0.29) is 0 Å². The van der Waals surface area contributed by atoms with Crippen molar-refractivity contribution in [2.75, 3.05) is 0 Å². The summed E-state index contributed by atoms with van der Waals surface area (Å²) in [5.74, 6) is 0. The third-order valence-electron chi connectivity index (χ3n) is 5.63. The van der Waals surface area contributed by atoms with Crippen molar-refractivity contribution >= 4 is 46.4 Å². The van der Waals surface area contributed by atoms with Crippen LogP contribution in [0.25, 0.3) is 0 Å². The highest BCUT2D eigenvalue weighted by Crippen LogP contribution is 2.77. The number of rotatable bonds is 2. The van der Waals surface area contributed by atoms with E-state index in [0.717, 1.165) is 22.3 Å². The van der Waals surface area contributed by atoms with Gasteiger partial charge in [0.1, 0.15) is 0 Å². The van der Waals surface area contributed by atoms with E-state index in [1.54, 1.807) is 0 Å². The van der Waals surface area contributed by atoms with Crippen molar-refractivity contribution in [2.45, 2.75) is 19.9 Å². The lowest BCUT2D eigenvalue weighted by atomic mass is 9.70. The molecule has 1 nitrogen and oxygen atoms in total. The highest BCUT2D eigenvalue weighted by atomic mass is 35.5. The van der Waals surface area contributed by atoms with Crippen LogP contribution in [-0.4, -0.2) is 8.67 Å². The molecule has 2 bridgehead atoms. The number of alkyl halides is 4. The Morgan fingerprint density at radius 2 is 0.815 bits per heavy atom. The summed E-state index contributed by atoms with van der Waals surface area (Å²) in [6.07, 6.45) is 0. The van der Waals surface area contributed by atoms with Crippen LogP contribution in [-0.2, 0) is 15.9 Å².